The molecule has 0 amide bonds. The zero-order chi connectivity index (χ0) is 14.4. The molecule has 21 heavy (non-hydrogen) atoms. The molecule has 2 rings (SSSR count). The van der Waals surface area contributed by atoms with Gasteiger partial charge in [0.05, 0.1) is 21.4 Å². The number of nitrogens with one attached hydrogen (secondary N) is 1. The van der Waals surface area contributed by atoms with E-state index in [-0.39, 0.29) is 18.4 Å². The van der Waals surface area contributed by atoms with Crippen LogP contribution in [0.5, 0.6) is 0 Å². The molecule has 0 atom stereocenters. The maximum atomic E-state index is 5.54. The highest BCUT2D eigenvalue weighted by molar-refractivity contribution is 9.10. The summed E-state index contributed by atoms with van der Waals surface area (Å²) in [7, 11) is 0. The van der Waals surface area contributed by atoms with E-state index in [1.54, 1.807) is 24.7 Å². The molecule has 0 unspecified atom stereocenters. The average molecular weight is 439 g/mol. The Morgan fingerprint density at radius 1 is 1.10 bits per heavy atom. The Kier molecular flexibility index (Phi) is 7.20. The fourth-order valence-electron chi connectivity index (χ4n) is 1.12. The predicted octanol–water partition coefficient (Wildman–Crippen LogP) is 3.09. The van der Waals surface area contributed by atoms with Crippen LogP contribution in [-0.4, -0.2) is 18.4 Å². The summed E-state index contributed by atoms with van der Waals surface area (Å²) in [6.45, 7) is 0. The Morgan fingerprint density at radius 3 is 2.19 bits per heavy atom. The van der Waals surface area contributed by atoms with Crippen molar-refractivity contribution in [2.75, 3.05) is 0 Å². The second-order valence-electron chi connectivity index (χ2n) is 3.43. The Labute approximate surface area is 143 Å². The molecule has 0 saturated carbocycles. The van der Waals surface area contributed by atoms with Gasteiger partial charge in [0.25, 0.3) is 0 Å². The highest BCUT2D eigenvalue weighted by atomic mass is 79.9. The largest absolute Gasteiger partial charge is 0.462 e. The van der Waals surface area contributed by atoms with Crippen LogP contribution in [0.4, 0.5) is 0 Å². The van der Waals surface area contributed by atoms with Crippen molar-refractivity contribution in [3.63, 3.8) is 0 Å². The molecular formula is C11H10Br2ClN5O2. The van der Waals surface area contributed by atoms with E-state index in [0.717, 1.165) is 8.95 Å². The summed E-state index contributed by atoms with van der Waals surface area (Å²) in [5.74, 6) is 1.16. The molecule has 112 valence electrons. The van der Waals surface area contributed by atoms with E-state index in [9.17, 15) is 0 Å². The molecule has 3 N–H and O–H groups in total. The highest BCUT2D eigenvalue weighted by Crippen LogP contribution is 2.12. The molecule has 0 aromatic carbocycles. The van der Waals surface area contributed by atoms with Gasteiger partial charge in [-0.2, -0.15) is 10.2 Å². The summed E-state index contributed by atoms with van der Waals surface area (Å²) < 4.78 is 11.9. The molecule has 0 spiro atoms. The normalized spacial score (nSPS) is 12.0. The molecule has 2 aromatic heterocycles. The number of hydrazone groups is 1. The molecule has 2 aromatic rings. The lowest BCUT2D eigenvalue weighted by atomic mass is 10.5. The van der Waals surface area contributed by atoms with Crippen LogP contribution in [0.25, 0.3) is 0 Å². The van der Waals surface area contributed by atoms with Gasteiger partial charge in [0.15, 0.2) is 0 Å². The van der Waals surface area contributed by atoms with Crippen molar-refractivity contribution in [2.24, 2.45) is 21.0 Å². The summed E-state index contributed by atoms with van der Waals surface area (Å²) in [6, 6.07) is 3.50. The lowest BCUT2D eigenvalue weighted by Crippen LogP contribution is -2.26. The number of nitrogens with two attached hydrogens (primary N) is 1. The smallest absolute Gasteiger partial charge is 0.234 e. The first-order valence-electron chi connectivity index (χ1n) is 5.27. The third-order valence-electron chi connectivity index (χ3n) is 1.90. The van der Waals surface area contributed by atoms with Crippen LogP contribution >= 0.6 is 44.3 Å². The molecule has 2 heterocycles. The third-order valence-corrected chi connectivity index (χ3v) is 2.73. The fraction of sp³-hybridized carbons (Fsp3) is 0. The van der Waals surface area contributed by atoms with Gasteiger partial charge >= 0.3 is 0 Å². The first kappa shape index (κ1) is 17.5. The summed E-state index contributed by atoms with van der Waals surface area (Å²) in [4.78, 5) is 0. The predicted molar refractivity (Wildman–Crippen MR) is 90.0 cm³/mol. The van der Waals surface area contributed by atoms with Gasteiger partial charge in [0.1, 0.15) is 24.0 Å². The van der Waals surface area contributed by atoms with Crippen LogP contribution in [0, 0.1) is 0 Å². The summed E-state index contributed by atoms with van der Waals surface area (Å²) in [5.41, 5.74) is 8.04. The van der Waals surface area contributed by atoms with Crippen LogP contribution in [0.3, 0.4) is 0 Å². The Bertz CT molecular complexity index is 665. The number of furan rings is 2. The van der Waals surface area contributed by atoms with Crippen LogP contribution < -0.4 is 11.2 Å². The van der Waals surface area contributed by atoms with E-state index in [1.165, 1.54) is 12.4 Å². The van der Waals surface area contributed by atoms with Crippen LogP contribution in [0.1, 0.15) is 11.5 Å². The quantitative estimate of drug-likeness (QED) is 0.434. The molecular weight excluding hydrogens is 429 g/mol. The summed E-state index contributed by atoms with van der Waals surface area (Å²) in [6.07, 6.45) is 5.97. The van der Waals surface area contributed by atoms with Crippen molar-refractivity contribution in [3.8, 4) is 0 Å². The number of halogens is 3. The lowest BCUT2D eigenvalue weighted by molar-refractivity contribution is 0.558. The molecule has 0 bridgehead atoms. The van der Waals surface area contributed by atoms with Crippen molar-refractivity contribution >= 4 is 62.7 Å². The van der Waals surface area contributed by atoms with Gasteiger partial charge in [-0.3, -0.25) is 0 Å². The van der Waals surface area contributed by atoms with Gasteiger partial charge < -0.3 is 14.6 Å². The minimum absolute atomic E-state index is 0. The fourth-order valence-corrected chi connectivity index (χ4v) is 1.76. The van der Waals surface area contributed by atoms with Crippen molar-refractivity contribution in [2.45, 2.75) is 0 Å². The first-order chi connectivity index (χ1) is 9.63. The van der Waals surface area contributed by atoms with E-state index in [2.05, 4.69) is 52.6 Å². The van der Waals surface area contributed by atoms with Crippen molar-refractivity contribution in [1.29, 1.82) is 0 Å². The van der Waals surface area contributed by atoms with Gasteiger partial charge in [0, 0.05) is 0 Å². The van der Waals surface area contributed by atoms with Gasteiger partial charge in [-0.1, -0.05) is 0 Å². The molecule has 7 nitrogen and oxygen atoms in total. The number of hydrogen-bond donors (Lipinski definition) is 2. The zero-order valence-electron chi connectivity index (χ0n) is 10.4. The number of rotatable bonds is 4. The summed E-state index contributed by atoms with van der Waals surface area (Å²) in [5, 5.41) is 11.3. The van der Waals surface area contributed by atoms with Gasteiger partial charge in [0.2, 0.25) is 5.96 Å². The van der Waals surface area contributed by atoms with Gasteiger partial charge in [-0.15, -0.1) is 17.5 Å². The molecule has 0 radical (unpaired) electrons. The van der Waals surface area contributed by atoms with E-state index in [0.29, 0.717) is 11.5 Å². The van der Waals surface area contributed by atoms with Crippen molar-refractivity contribution in [1.82, 2.24) is 5.43 Å². The van der Waals surface area contributed by atoms with E-state index < -0.39 is 0 Å². The second-order valence-corrected chi connectivity index (χ2v) is 5.27. The standard InChI is InChI=1S/C11H9Br2N5O2.ClH/c12-7-1-9(19-5-7)3-15-17-11(14)18-16-4-10-2-8(13)6-20-10;/h1-6H,(H3,14,17,18);1H/b15-3+,16-4+;. The number of hydrogen-bond acceptors (Lipinski definition) is 5. The van der Waals surface area contributed by atoms with Crippen LogP contribution in [0.2, 0.25) is 0 Å². The van der Waals surface area contributed by atoms with Crippen LogP contribution in [-0.2, 0) is 0 Å². The Morgan fingerprint density at radius 2 is 1.67 bits per heavy atom. The van der Waals surface area contributed by atoms with Crippen molar-refractivity contribution in [3.05, 3.63) is 45.1 Å². The Hall–Kier alpha value is -1.58. The van der Waals surface area contributed by atoms with Crippen molar-refractivity contribution < 1.29 is 8.83 Å². The SMILES string of the molecule is Cl.N/C(=N\N=C\c1cc(Br)co1)N/N=C/c1cc(Br)co1. The maximum absolute atomic E-state index is 5.54. The minimum atomic E-state index is 0. The van der Waals surface area contributed by atoms with E-state index in [1.807, 2.05) is 0 Å². The van der Waals surface area contributed by atoms with Crippen LogP contribution in [0.15, 0.2) is 57.7 Å². The third kappa shape index (κ3) is 6.15. The molecule has 0 aliphatic heterocycles. The molecule has 10 heteroatoms. The molecule has 0 fully saturated rings. The Balaban J connectivity index is 0.00000220. The van der Waals surface area contributed by atoms with Gasteiger partial charge in [-0.25, -0.2) is 5.43 Å². The molecule has 0 saturated heterocycles. The topological polar surface area (TPSA) is 101 Å². The van der Waals surface area contributed by atoms with E-state index >= 15 is 0 Å². The monoisotopic (exact) mass is 437 g/mol. The zero-order valence-corrected chi connectivity index (χ0v) is 14.4. The molecule has 0 aliphatic rings. The summed E-state index contributed by atoms with van der Waals surface area (Å²) >= 11 is 6.51. The number of guanidine groups is 1. The number of nitrogens with zero attached hydrogens (tertiary/aromatic N) is 3. The molecule has 0 aliphatic carbocycles. The average Bonchev–Trinajstić information content (AvgIpc) is 2.99. The maximum Gasteiger partial charge on any atom is 0.234 e. The lowest BCUT2D eigenvalue weighted by Gasteiger charge is -1.93. The minimum Gasteiger partial charge on any atom is -0.462 e. The van der Waals surface area contributed by atoms with E-state index in [4.69, 9.17) is 14.6 Å². The van der Waals surface area contributed by atoms with Gasteiger partial charge in [-0.05, 0) is 44.0 Å². The highest BCUT2D eigenvalue weighted by Gasteiger charge is 1.95. The second kappa shape index (κ2) is 8.65. The first-order valence-corrected chi connectivity index (χ1v) is 6.86.